The number of anilines is 1. The summed E-state index contributed by atoms with van der Waals surface area (Å²) in [5, 5.41) is 20.2. The molecule has 4 aromatic rings. The molecule has 3 aromatic carbocycles. The van der Waals surface area contributed by atoms with E-state index >= 15 is 0 Å². The van der Waals surface area contributed by atoms with Crippen LogP contribution in [0.15, 0.2) is 85.1 Å². The monoisotopic (exact) mass is 524 g/mol. The molecule has 1 unspecified atom stereocenters. The SMILES string of the molecule is Cc1ccnc(NCCCC(=O)NCC(=O)NC(CC(=O)O)c2ccc(-c3cccc4ccccc34)cc2)c1. The molecular weight excluding hydrogens is 492 g/mol. The van der Waals surface area contributed by atoms with E-state index in [1.165, 1.54) is 0 Å². The molecule has 0 aliphatic rings. The quantitative estimate of drug-likeness (QED) is 0.197. The van der Waals surface area contributed by atoms with Crippen LogP contribution in [0.4, 0.5) is 5.82 Å². The normalized spacial score (nSPS) is 11.5. The number of hydrogen-bond acceptors (Lipinski definition) is 5. The number of nitrogens with zero attached hydrogens (tertiary/aromatic N) is 1. The van der Waals surface area contributed by atoms with Gasteiger partial charge >= 0.3 is 5.97 Å². The fourth-order valence-electron chi connectivity index (χ4n) is 4.41. The molecule has 0 spiro atoms. The van der Waals surface area contributed by atoms with Crippen LogP contribution in [-0.4, -0.2) is 41.0 Å². The maximum atomic E-state index is 12.6. The first kappa shape index (κ1) is 27.3. The molecule has 1 atom stereocenters. The van der Waals surface area contributed by atoms with E-state index in [0.29, 0.717) is 18.5 Å². The highest BCUT2D eigenvalue weighted by Gasteiger charge is 2.19. The predicted molar refractivity (Wildman–Crippen MR) is 152 cm³/mol. The van der Waals surface area contributed by atoms with Crippen molar-refractivity contribution in [2.24, 2.45) is 0 Å². The van der Waals surface area contributed by atoms with Crippen LogP contribution in [0.2, 0.25) is 0 Å². The van der Waals surface area contributed by atoms with Gasteiger partial charge in [0, 0.05) is 19.2 Å². The number of fused-ring (bicyclic) bond motifs is 1. The van der Waals surface area contributed by atoms with E-state index in [0.717, 1.165) is 33.3 Å². The lowest BCUT2D eigenvalue weighted by Gasteiger charge is -2.18. The van der Waals surface area contributed by atoms with E-state index in [1.807, 2.05) is 67.6 Å². The van der Waals surface area contributed by atoms with Crippen LogP contribution in [0.5, 0.6) is 0 Å². The van der Waals surface area contributed by atoms with Crippen LogP contribution in [-0.2, 0) is 14.4 Å². The van der Waals surface area contributed by atoms with Gasteiger partial charge in [0.1, 0.15) is 5.82 Å². The van der Waals surface area contributed by atoms with Gasteiger partial charge in [0.05, 0.1) is 19.0 Å². The Balaban J connectivity index is 1.30. The number of rotatable bonds is 12. The second kappa shape index (κ2) is 13.2. The first-order valence-electron chi connectivity index (χ1n) is 12.9. The van der Waals surface area contributed by atoms with Crippen LogP contribution in [0.3, 0.4) is 0 Å². The van der Waals surface area contributed by atoms with Gasteiger partial charge in [-0.15, -0.1) is 0 Å². The summed E-state index contributed by atoms with van der Waals surface area (Å²) in [5.74, 6) is -0.976. The van der Waals surface area contributed by atoms with E-state index in [9.17, 15) is 19.5 Å². The molecule has 0 radical (unpaired) electrons. The molecule has 4 rings (SSSR count). The Labute approximate surface area is 227 Å². The molecule has 0 saturated heterocycles. The summed E-state index contributed by atoms with van der Waals surface area (Å²) in [5.41, 5.74) is 3.84. The van der Waals surface area contributed by atoms with Crippen LogP contribution >= 0.6 is 0 Å². The van der Waals surface area contributed by atoms with E-state index in [4.69, 9.17) is 0 Å². The molecule has 0 aliphatic carbocycles. The standard InChI is InChI=1S/C31H32N4O4/c1-21-15-17-33-28(18-21)32-16-5-10-29(36)34-20-30(37)35-27(19-31(38)39)24-13-11-23(12-14-24)26-9-4-7-22-6-2-3-8-25(22)26/h2-4,6-9,11-15,17-18,27H,5,10,16,19-20H2,1H3,(H,32,33)(H,34,36)(H,35,37)(H,38,39). The first-order chi connectivity index (χ1) is 18.9. The third-order valence-electron chi connectivity index (χ3n) is 6.38. The molecule has 1 aromatic heterocycles. The zero-order valence-corrected chi connectivity index (χ0v) is 21.8. The molecule has 0 fully saturated rings. The number of carboxylic acids is 1. The summed E-state index contributed by atoms with van der Waals surface area (Å²) in [6.07, 6.45) is 2.28. The number of amides is 2. The predicted octanol–water partition coefficient (Wildman–Crippen LogP) is 4.85. The molecule has 2 amide bonds. The van der Waals surface area contributed by atoms with Crippen LogP contribution < -0.4 is 16.0 Å². The zero-order valence-electron chi connectivity index (χ0n) is 21.8. The lowest BCUT2D eigenvalue weighted by atomic mass is 9.95. The van der Waals surface area contributed by atoms with E-state index in [1.54, 1.807) is 6.20 Å². The van der Waals surface area contributed by atoms with E-state index in [2.05, 4.69) is 39.1 Å². The van der Waals surface area contributed by atoms with Crippen LogP contribution in [0, 0.1) is 6.92 Å². The van der Waals surface area contributed by atoms with Gasteiger partial charge in [-0.2, -0.15) is 0 Å². The second-order valence-electron chi connectivity index (χ2n) is 9.39. The minimum absolute atomic E-state index is 0.226. The maximum Gasteiger partial charge on any atom is 0.305 e. The number of carbonyl (C=O) groups excluding carboxylic acids is 2. The highest BCUT2D eigenvalue weighted by molar-refractivity contribution is 5.96. The highest BCUT2D eigenvalue weighted by atomic mass is 16.4. The summed E-state index contributed by atoms with van der Waals surface area (Å²) in [7, 11) is 0. The number of carboxylic acid groups (broad SMARTS) is 1. The molecule has 0 saturated carbocycles. The molecular formula is C31H32N4O4. The summed E-state index contributed by atoms with van der Waals surface area (Å²) >= 11 is 0. The lowest BCUT2D eigenvalue weighted by Crippen LogP contribution is -2.39. The molecule has 4 N–H and O–H groups in total. The largest absolute Gasteiger partial charge is 0.481 e. The number of nitrogens with one attached hydrogen (secondary N) is 3. The van der Waals surface area contributed by atoms with Crippen molar-refractivity contribution in [3.8, 4) is 11.1 Å². The van der Waals surface area contributed by atoms with Gasteiger partial charge in [0.25, 0.3) is 0 Å². The van der Waals surface area contributed by atoms with Gasteiger partial charge in [-0.1, -0.05) is 66.7 Å². The van der Waals surface area contributed by atoms with Crippen molar-refractivity contribution in [3.05, 3.63) is 96.2 Å². The van der Waals surface area contributed by atoms with Crippen molar-refractivity contribution in [1.29, 1.82) is 0 Å². The van der Waals surface area contributed by atoms with Gasteiger partial charge in [-0.3, -0.25) is 14.4 Å². The van der Waals surface area contributed by atoms with Gasteiger partial charge in [0.15, 0.2) is 0 Å². The Bertz CT molecular complexity index is 1450. The molecule has 1 heterocycles. The number of aliphatic carboxylic acids is 1. The highest BCUT2D eigenvalue weighted by Crippen LogP contribution is 2.30. The Morgan fingerprint density at radius 3 is 2.46 bits per heavy atom. The molecule has 8 nitrogen and oxygen atoms in total. The fraction of sp³-hybridized carbons (Fsp3) is 0.226. The van der Waals surface area contributed by atoms with Crippen LogP contribution in [0.1, 0.15) is 36.4 Å². The van der Waals surface area contributed by atoms with Gasteiger partial charge in [-0.05, 0) is 58.5 Å². The van der Waals surface area contributed by atoms with Crippen molar-refractivity contribution in [3.63, 3.8) is 0 Å². The Kier molecular flexibility index (Phi) is 9.24. The summed E-state index contributed by atoms with van der Waals surface area (Å²) in [4.78, 5) is 40.5. The minimum Gasteiger partial charge on any atom is -0.481 e. The minimum atomic E-state index is -1.03. The Morgan fingerprint density at radius 2 is 1.69 bits per heavy atom. The average Bonchev–Trinajstić information content (AvgIpc) is 2.93. The van der Waals surface area contributed by atoms with Crippen molar-refractivity contribution >= 4 is 34.4 Å². The molecule has 0 bridgehead atoms. The molecule has 39 heavy (non-hydrogen) atoms. The third-order valence-corrected chi connectivity index (χ3v) is 6.38. The number of aromatic nitrogens is 1. The lowest BCUT2D eigenvalue weighted by molar-refractivity contribution is -0.138. The van der Waals surface area contributed by atoms with Gasteiger partial charge in [0.2, 0.25) is 11.8 Å². The number of carbonyl (C=O) groups is 3. The number of benzene rings is 3. The first-order valence-corrected chi connectivity index (χ1v) is 12.9. The van der Waals surface area contributed by atoms with Gasteiger partial charge < -0.3 is 21.1 Å². The zero-order chi connectivity index (χ0) is 27.6. The molecule has 8 heteroatoms. The van der Waals surface area contributed by atoms with Crippen LogP contribution in [0.25, 0.3) is 21.9 Å². The fourth-order valence-corrected chi connectivity index (χ4v) is 4.41. The third kappa shape index (κ3) is 7.88. The van der Waals surface area contributed by atoms with Crippen molar-refractivity contribution in [1.82, 2.24) is 15.6 Å². The van der Waals surface area contributed by atoms with Crippen molar-refractivity contribution < 1.29 is 19.5 Å². The number of hydrogen-bond donors (Lipinski definition) is 4. The second-order valence-corrected chi connectivity index (χ2v) is 9.39. The molecule has 0 aliphatic heterocycles. The van der Waals surface area contributed by atoms with E-state index in [-0.39, 0.29) is 25.3 Å². The topological polar surface area (TPSA) is 120 Å². The smallest absolute Gasteiger partial charge is 0.305 e. The molecule has 200 valence electrons. The van der Waals surface area contributed by atoms with E-state index < -0.39 is 17.9 Å². The Hall–Kier alpha value is -4.72. The van der Waals surface area contributed by atoms with Crippen molar-refractivity contribution in [2.45, 2.75) is 32.2 Å². The summed E-state index contributed by atoms with van der Waals surface area (Å²) in [6.45, 7) is 2.33. The van der Waals surface area contributed by atoms with Crippen molar-refractivity contribution in [2.75, 3.05) is 18.4 Å². The summed E-state index contributed by atoms with van der Waals surface area (Å²) < 4.78 is 0. The maximum absolute atomic E-state index is 12.6. The summed E-state index contributed by atoms with van der Waals surface area (Å²) in [6, 6.07) is 24.9. The average molecular weight is 525 g/mol. The number of pyridine rings is 1. The number of aryl methyl sites for hydroxylation is 1. The Morgan fingerprint density at radius 1 is 0.923 bits per heavy atom. The van der Waals surface area contributed by atoms with Gasteiger partial charge in [-0.25, -0.2) is 4.98 Å².